The number of nitrogen functional groups attached to an aromatic ring is 1. The maximum absolute atomic E-state index is 5.29. The summed E-state index contributed by atoms with van der Waals surface area (Å²) >= 11 is 1.84. The van der Waals surface area contributed by atoms with E-state index in [1.54, 1.807) is 6.07 Å². The van der Waals surface area contributed by atoms with Crippen LogP contribution in [0.4, 0.5) is 11.6 Å². The molecule has 6 heteroatoms. The monoisotopic (exact) mass is 227 g/mol. The van der Waals surface area contributed by atoms with E-state index in [0.717, 1.165) is 24.5 Å². The summed E-state index contributed by atoms with van der Waals surface area (Å²) in [5, 5.41) is 3.24. The fourth-order valence-corrected chi connectivity index (χ4v) is 1.60. The predicted octanol–water partition coefficient (Wildman–Crippen LogP) is 1.24. The van der Waals surface area contributed by atoms with E-state index in [1.165, 1.54) is 0 Å². The van der Waals surface area contributed by atoms with Crippen molar-refractivity contribution in [2.75, 3.05) is 29.3 Å². The second-order valence-electron chi connectivity index (χ2n) is 3.10. The Morgan fingerprint density at radius 3 is 2.80 bits per heavy atom. The molecule has 0 unspecified atom stereocenters. The van der Waals surface area contributed by atoms with Crippen molar-refractivity contribution in [2.24, 2.45) is 5.84 Å². The van der Waals surface area contributed by atoms with Crippen molar-refractivity contribution in [1.82, 2.24) is 9.97 Å². The molecule has 84 valence electrons. The van der Waals surface area contributed by atoms with Crippen LogP contribution in [0.3, 0.4) is 0 Å². The van der Waals surface area contributed by atoms with Crippen molar-refractivity contribution in [3.8, 4) is 0 Å². The highest BCUT2D eigenvalue weighted by Gasteiger charge is 1.99. The number of hydrogen-bond acceptors (Lipinski definition) is 6. The van der Waals surface area contributed by atoms with Gasteiger partial charge in [-0.25, -0.2) is 15.8 Å². The molecule has 0 aromatic carbocycles. The molecule has 0 bridgehead atoms. The van der Waals surface area contributed by atoms with E-state index < -0.39 is 0 Å². The Hall–Kier alpha value is -1.01. The minimum Gasteiger partial charge on any atom is -0.370 e. The molecular weight excluding hydrogens is 210 g/mol. The molecule has 0 aliphatic rings. The number of aromatic nitrogens is 2. The van der Waals surface area contributed by atoms with Crippen LogP contribution in [0.5, 0.6) is 0 Å². The van der Waals surface area contributed by atoms with Gasteiger partial charge in [0.1, 0.15) is 17.5 Å². The molecule has 0 saturated heterocycles. The van der Waals surface area contributed by atoms with Crippen LogP contribution in [-0.2, 0) is 0 Å². The number of rotatable bonds is 6. The summed E-state index contributed by atoms with van der Waals surface area (Å²) in [6, 6.07) is 1.80. The van der Waals surface area contributed by atoms with E-state index in [4.69, 9.17) is 5.84 Å². The molecule has 1 rings (SSSR count). The van der Waals surface area contributed by atoms with Gasteiger partial charge in [-0.05, 0) is 25.4 Å². The largest absolute Gasteiger partial charge is 0.370 e. The number of nitrogens with one attached hydrogen (secondary N) is 2. The second kappa shape index (κ2) is 6.47. The summed E-state index contributed by atoms with van der Waals surface area (Å²) < 4.78 is 0. The lowest BCUT2D eigenvalue weighted by molar-refractivity contribution is 0.963. The summed E-state index contributed by atoms with van der Waals surface area (Å²) in [5.74, 6) is 8.60. The summed E-state index contributed by atoms with van der Waals surface area (Å²) in [4.78, 5) is 8.36. The SMILES string of the molecule is CSCCCNc1cc(NN)nc(C)n1. The van der Waals surface area contributed by atoms with Crippen LogP contribution in [-0.4, -0.2) is 28.5 Å². The van der Waals surface area contributed by atoms with Crippen molar-refractivity contribution >= 4 is 23.4 Å². The molecule has 1 aromatic rings. The number of nitrogens with two attached hydrogens (primary N) is 1. The van der Waals surface area contributed by atoms with E-state index in [0.29, 0.717) is 11.6 Å². The van der Waals surface area contributed by atoms with Crippen LogP contribution in [0.1, 0.15) is 12.2 Å². The Morgan fingerprint density at radius 1 is 1.40 bits per heavy atom. The topological polar surface area (TPSA) is 75.9 Å². The highest BCUT2D eigenvalue weighted by molar-refractivity contribution is 7.98. The lowest BCUT2D eigenvalue weighted by atomic mass is 10.4. The maximum atomic E-state index is 5.29. The fraction of sp³-hybridized carbons (Fsp3) is 0.556. The van der Waals surface area contributed by atoms with Crippen LogP contribution in [0.2, 0.25) is 0 Å². The minimum absolute atomic E-state index is 0.634. The van der Waals surface area contributed by atoms with Gasteiger partial charge < -0.3 is 10.7 Å². The quantitative estimate of drug-likeness (QED) is 0.385. The molecule has 0 saturated carbocycles. The second-order valence-corrected chi connectivity index (χ2v) is 4.09. The van der Waals surface area contributed by atoms with Crippen molar-refractivity contribution in [2.45, 2.75) is 13.3 Å². The molecule has 0 atom stereocenters. The zero-order valence-corrected chi connectivity index (χ0v) is 9.90. The van der Waals surface area contributed by atoms with E-state index in [2.05, 4.69) is 27.0 Å². The van der Waals surface area contributed by atoms with Gasteiger partial charge in [-0.3, -0.25) is 0 Å². The van der Waals surface area contributed by atoms with Gasteiger partial charge in [0.25, 0.3) is 0 Å². The molecule has 0 amide bonds. The highest BCUT2D eigenvalue weighted by Crippen LogP contribution is 2.09. The molecule has 1 aromatic heterocycles. The van der Waals surface area contributed by atoms with Gasteiger partial charge >= 0.3 is 0 Å². The molecule has 0 aliphatic carbocycles. The Bertz CT molecular complexity index is 305. The first-order valence-electron chi connectivity index (χ1n) is 4.81. The summed E-state index contributed by atoms with van der Waals surface area (Å²) in [6.45, 7) is 2.76. The van der Waals surface area contributed by atoms with E-state index in [1.807, 2.05) is 18.7 Å². The zero-order chi connectivity index (χ0) is 11.1. The average molecular weight is 227 g/mol. The van der Waals surface area contributed by atoms with Crippen LogP contribution in [0, 0.1) is 6.92 Å². The third kappa shape index (κ3) is 4.35. The van der Waals surface area contributed by atoms with Gasteiger partial charge in [-0.2, -0.15) is 11.8 Å². The van der Waals surface area contributed by atoms with Crippen LogP contribution >= 0.6 is 11.8 Å². The fourth-order valence-electron chi connectivity index (χ4n) is 1.17. The maximum Gasteiger partial charge on any atom is 0.145 e. The lowest BCUT2D eigenvalue weighted by Crippen LogP contribution is -2.12. The molecule has 0 fully saturated rings. The third-order valence-electron chi connectivity index (χ3n) is 1.82. The Labute approximate surface area is 94.2 Å². The summed E-state index contributed by atoms with van der Waals surface area (Å²) in [5.41, 5.74) is 2.51. The van der Waals surface area contributed by atoms with Gasteiger partial charge in [0.15, 0.2) is 0 Å². The van der Waals surface area contributed by atoms with E-state index in [-0.39, 0.29) is 0 Å². The van der Waals surface area contributed by atoms with Crippen molar-refractivity contribution < 1.29 is 0 Å². The van der Waals surface area contributed by atoms with Crippen LogP contribution in [0.25, 0.3) is 0 Å². The minimum atomic E-state index is 0.634. The number of hydrazine groups is 1. The van der Waals surface area contributed by atoms with Gasteiger partial charge in [-0.15, -0.1) is 0 Å². The zero-order valence-electron chi connectivity index (χ0n) is 9.08. The number of aryl methyl sites for hydroxylation is 1. The summed E-state index contributed by atoms with van der Waals surface area (Å²) in [6.07, 6.45) is 3.22. The first-order chi connectivity index (χ1) is 7.26. The molecule has 5 nitrogen and oxygen atoms in total. The first kappa shape index (κ1) is 12.1. The molecule has 4 N–H and O–H groups in total. The molecular formula is C9H17N5S. The number of hydrogen-bond donors (Lipinski definition) is 3. The highest BCUT2D eigenvalue weighted by atomic mass is 32.2. The molecule has 0 spiro atoms. The normalized spacial score (nSPS) is 10.1. The number of thioether (sulfide) groups is 1. The van der Waals surface area contributed by atoms with Gasteiger partial charge in [0.05, 0.1) is 0 Å². The van der Waals surface area contributed by atoms with Gasteiger partial charge in [0, 0.05) is 12.6 Å². The molecule has 1 heterocycles. The Balaban J connectivity index is 2.49. The van der Waals surface area contributed by atoms with Crippen molar-refractivity contribution in [3.05, 3.63) is 11.9 Å². The van der Waals surface area contributed by atoms with Crippen LogP contribution in [0.15, 0.2) is 6.07 Å². The van der Waals surface area contributed by atoms with Gasteiger partial charge in [-0.1, -0.05) is 0 Å². The van der Waals surface area contributed by atoms with Crippen molar-refractivity contribution in [3.63, 3.8) is 0 Å². The number of anilines is 2. The van der Waals surface area contributed by atoms with E-state index >= 15 is 0 Å². The molecule has 0 aliphatic heterocycles. The lowest BCUT2D eigenvalue weighted by Gasteiger charge is -2.07. The average Bonchev–Trinajstić information content (AvgIpc) is 2.23. The van der Waals surface area contributed by atoms with Crippen molar-refractivity contribution in [1.29, 1.82) is 0 Å². The number of nitrogens with zero attached hydrogens (tertiary/aromatic N) is 2. The Morgan fingerprint density at radius 2 is 2.13 bits per heavy atom. The molecule has 0 radical (unpaired) electrons. The van der Waals surface area contributed by atoms with Gasteiger partial charge in [0.2, 0.25) is 0 Å². The smallest absolute Gasteiger partial charge is 0.145 e. The third-order valence-corrected chi connectivity index (χ3v) is 2.51. The first-order valence-corrected chi connectivity index (χ1v) is 6.20. The summed E-state index contributed by atoms with van der Waals surface area (Å²) in [7, 11) is 0. The van der Waals surface area contributed by atoms with Crippen LogP contribution < -0.4 is 16.6 Å². The molecule has 15 heavy (non-hydrogen) atoms. The van der Waals surface area contributed by atoms with E-state index in [9.17, 15) is 0 Å². The standard InChI is InChI=1S/C9H17N5S/c1-7-12-8(6-9(13-7)14-10)11-4-3-5-15-2/h6H,3-5,10H2,1-2H3,(H2,11,12,13,14). The predicted molar refractivity (Wildman–Crippen MR) is 66.1 cm³/mol. The Kier molecular flexibility index (Phi) is 5.20.